The first-order valence-electron chi connectivity index (χ1n) is 6.16. The van der Waals surface area contributed by atoms with Crippen LogP contribution in [0.5, 0.6) is 0 Å². The van der Waals surface area contributed by atoms with Crippen molar-refractivity contribution in [1.29, 1.82) is 0 Å². The standard InChI is InChI=1S/C15H18ClNO2/c1-10-4-6-12(13(16)8-10)15(17-2)14-7-5-11(19-14)9-18-3/h4-8,15,17H,9H2,1-3H3. The predicted octanol–water partition coefficient (Wildman–Crippen LogP) is 3.70. The SMILES string of the molecule is CNC(c1ccc(COC)o1)c1ccc(C)cc1Cl. The molecule has 3 nitrogen and oxygen atoms in total. The molecular formula is C15H18ClNO2. The number of rotatable bonds is 5. The Morgan fingerprint density at radius 1 is 1.32 bits per heavy atom. The van der Waals surface area contributed by atoms with Crippen molar-refractivity contribution in [1.82, 2.24) is 5.32 Å². The molecule has 102 valence electrons. The average Bonchev–Trinajstić information content (AvgIpc) is 2.82. The highest BCUT2D eigenvalue weighted by molar-refractivity contribution is 6.31. The lowest BCUT2D eigenvalue weighted by atomic mass is 10.0. The molecule has 0 aliphatic rings. The van der Waals surface area contributed by atoms with E-state index in [4.69, 9.17) is 20.8 Å². The summed E-state index contributed by atoms with van der Waals surface area (Å²) in [6.45, 7) is 2.49. The molecule has 0 aliphatic heterocycles. The van der Waals surface area contributed by atoms with Crippen LogP contribution in [0, 0.1) is 6.92 Å². The Balaban J connectivity index is 2.32. The van der Waals surface area contributed by atoms with Crippen molar-refractivity contribution in [2.45, 2.75) is 19.6 Å². The van der Waals surface area contributed by atoms with Crippen LogP contribution in [-0.4, -0.2) is 14.2 Å². The summed E-state index contributed by atoms with van der Waals surface area (Å²) in [5.74, 6) is 1.64. The van der Waals surface area contributed by atoms with Gasteiger partial charge in [-0.25, -0.2) is 0 Å². The minimum absolute atomic E-state index is 0.0568. The minimum Gasteiger partial charge on any atom is -0.462 e. The molecule has 19 heavy (non-hydrogen) atoms. The first-order chi connectivity index (χ1) is 9.15. The molecule has 0 aliphatic carbocycles. The molecule has 1 N–H and O–H groups in total. The van der Waals surface area contributed by atoms with Crippen LogP contribution in [0.1, 0.15) is 28.7 Å². The summed E-state index contributed by atoms with van der Waals surface area (Å²) in [4.78, 5) is 0. The number of benzene rings is 1. The molecule has 0 bridgehead atoms. The van der Waals surface area contributed by atoms with Crippen LogP contribution in [0.4, 0.5) is 0 Å². The molecule has 0 fully saturated rings. The van der Waals surface area contributed by atoms with Crippen molar-refractivity contribution in [2.75, 3.05) is 14.2 Å². The maximum absolute atomic E-state index is 6.31. The highest BCUT2D eigenvalue weighted by Gasteiger charge is 2.18. The fourth-order valence-electron chi connectivity index (χ4n) is 2.09. The summed E-state index contributed by atoms with van der Waals surface area (Å²) >= 11 is 6.31. The van der Waals surface area contributed by atoms with Crippen LogP contribution in [0.3, 0.4) is 0 Å². The van der Waals surface area contributed by atoms with Gasteiger partial charge in [0.2, 0.25) is 0 Å². The lowest BCUT2D eigenvalue weighted by Gasteiger charge is -2.16. The molecule has 4 heteroatoms. The molecule has 1 heterocycles. The Bertz CT molecular complexity index is 551. The van der Waals surface area contributed by atoms with Crippen molar-refractivity contribution in [3.8, 4) is 0 Å². The van der Waals surface area contributed by atoms with Gasteiger partial charge in [-0.15, -0.1) is 0 Å². The van der Waals surface area contributed by atoms with E-state index in [1.807, 2.05) is 44.3 Å². The van der Waals surface area contributed by atoms with Gasteiger partial charge in [0.25, 0.3) is 0 Å². The van der Waals surface area contributed by atoms with Crippen molar-refractivity contribution in [3.63, 3.8) is 0 Å². The Hall–Kier alpha value is -1.29. The molecule has 0 spiro atoms. The quantitative estimate of drug-likeness (QED) is 0.906. The second-order valence-corrected chi connectivity index (χ2v) is 4.89. The number of hydrogen-bond donors (Lipinski definition) is 1. The molecule has 0 saturated heterocycles. The van der Waals surface area contributed by atoms with Crippen LogP contribution in [-0.2, 0) is 11.3 Å². The second kappa shape index (κ2) is 6.24. The monoisotopic (exact) mass is 279 g/mol. The Morgan fingerprint density at radius 3 is 2.74 bits per heavy atom. The summed E-state index contributed by atoms with van der Waals surface area (Å²) in [6.07, 6.45) is 0. The third kappa shape index (κ3) is 3.18. The molecular weight excluding hydrogens is 262 g/mol. The minimum atomic E-state index is -0.0568. The summed E-state index contributed by atoms with van der Waals surface area (Å²) in [6, 6.07) is 9.85. The molecule has 0 amide bonds. The van der Waals surface area contributed by atoms with E-state index in [0.717, 1.165) is 27.7 Å². The summed E-state index contributed by atoms with van der Waals surface area (Å²) in [5, 5.41) is 3.97. The van der Waals surface area contributed by atoms with E-state index in [9.17, 15) is 0 Å². The average molecular weight is 280 g/mol. The molecule has 2 rings (SSSR count). The fourth-order valence-corrected chi connectivity index (χ4v) is 2.43. The van der Waals surface area contributed by atoms with E-state index >= 15 is 0 Å². The highest BCUT2D eigenvalue weighted by atomic mass is 35.5. The number of methoxy groups -OCH3 is 1. The van der Waals surface area contributed by atoms with Gasteiger partial charge >= 0.3 is 0 Å². The number of furan rings is 1. The zero-order chi connectivity index (χ0) is 13.8. The van der Waals surface area contributed by atoms with Crippen LogP contribution >= 0.6 is 11.6 Å². The number of halogens is 1. The van der Waals surface area contributed by atoms with Gasteiger partial charge in [-0.1, -0.05) is 23.7 Å². The Labute approximate surface area is 118 Å². The topological polar surface area (TPSA) is 34.4 Å². The summed E-state index contributed by atoms with van der Waals surface area (Å²) in [7, 11) is 3.54. The van der Waals surface area contributed by atoms with E-state index in [1.54, 1.807) is 7.11 Å². The first kappa shape index (κ1) is 14.1. The third-order valence-corrected chi connectivity index (χ3v) is 3.34. The van der Waals surface area contributed by atoms with Gasteiger partial charge in [-0.3, -0.25) is 0 Å². The molecule has 1 atom stereocenters. The van der Waals surface area contributed by atoms with Gasteiger partial charge in [-0.2, -0.15) is 0 Å². The van der Waals surface area contributed by atoms with Gasteiger partial charge in [0.1, 0.15) is 18.1 Å². The van der Waals surface area contributed by atoms with E-state index in [1.165, 1.54) is 0 Å². The number of aryl methyl sites for hydroxylation is 1. The first-order valence-corrected chi connectivity index (χ1v) is 6.54. The van der Waals surface area contributed by atoms with E-state index in [0.29, 0.717) is 6.61 Å². The van der Waals surface area contributed by atoms with E-state index in [2.05, 4.69) is 5.32 Å². The second-order valence-electron chi connectivity index (χ2n) is 4.48. The summed E-state index contributed by atoms with van der Waals surface area (Å²) < 4.78 is 10.8. The zero-order valence-electron chi connectivity index (χ0n) is 11.4. The number of hydrogen-bond acceptors (Lipinski definition) is 3. The smallest absolute Gasteiger partial charge is 0.129 e. The van der Waals surface area contributed by atoms with Gasteiger partial charge in [0.05, 0.1) is 6.04 Å². The van der Waals surface area contributed by atoms with Crippen LogP contribution in [0.2, 0.25) is 5.02 Å². The molecule has 0 saturated carbocycles. The van der Waals surface area contributed by atoms with Gasteiger partial charge < -0.3 is 14.5 Å². The lowest BCUT2D eigenvalue weighted by Crippen LogP contribution is -2.17. The van der Waals surface area contributed by atoms with Crippen molar-refractivity contribution in [3.05, 3.63) is 58.0 Å². The number of ether oxygens (including phenoxy) is 1. The van der Waals surface area contributed by atoms with E-state index < -0.39 is 0 Å². The van der Waals surface area contributed by atoms with Crippen molar-refractivity contribution >= 4 is 11.6 Å². The molecule has 1 aromatic carbocycles. The van der Waals surface area contributed by atoms with Crippen molar-refractivity contribution < 1.29 is 9.15 Å². The van der Waals surface area contributed by atoms with Gasteiger partial charge in [0, 0.05) is 12.1 Å². The molecule has 2 aromatic rings. The predicted molar refractivity (Wildman–Crippen MR) is 76.5 cm³/mol. The highest BCUT2D eigenvalue weighted by Crippen LogP contribution is 2.30. The largest absolute Gasteiger partial charge is 0.462 e. The molecule has 0 radical (unpaired) electrons. The fraction of sp³-hybridized carbons (Fsp3) is 0.333. The van der Waals surface area contributed by atoms with Crippen LogP contribution in [0.25, 0.3) is 0 Å². The Kier molecular flexibility index (Phi) is 4.64. The van der Waals surface area contributed by atoms with E-state index in [-0.39, 0.29) is 6.04 Å². The third-order valence-electron chi connectivity index (χ3n) is 3.01. The normalized spacial score (nSPS) is 12.6. The Morgan fingerprint density at radius 2 is 2.11 bits per heavy atom. The zero-order valence-corrected chi connectivity index (χ0v) is 12.1. The molecule has 1 aromatic heterocycles. The van der Waals surface area contributed by atoms with Gasteiger partial charge in [-0.05, 0) is 43.3 Å². The number of nitrogens with one attached hydrogen (secondary N) is 1. The maximum Gasteiger partial charge on any atom is 0.129 e. The van der Waals surface area contributed by atoms with Crippen molar-refractivity contribution in [2.24, 2.45) is 0 Å². The maximum atomic E-state index is 6.31. The van der Waals surface area contributed by atoms with Crippen LogP contribution < -0.4 is 5.32 Å². The lowest BCUT2D eigenvalue weighted by molar-refractivity contribution is 0.162. The molecule has 1 unspecified atom stereocenters. The van der Waals surface area contributed by atoms with Crippen LogP contribution in [0.15, 0.2) is 34.7 Å². The summed E-state index contributed by atoms with van der Waals surface area (Å²) in [5.41, 5.74) is 2.15. The van der Waals surface area contributed by atoms with Gasteiger partial charge in [0.15, 0.2) is 0 Å².